The van der Waals surface area contributed by atoms with E-state index >= 15 is 0 Å². The first kappa shape index (κ1) is 15.4. The number of hydrogen-bond donors (Lipinski definition) is 1. The van der Waals surface area contributed by atoms with E-state index in [4.69, 9.17) is 17.3 Å². The molecule has 0 spiro atoms. The summed E-state index contributed by atoms with van der Waals surface area (Å²) >= 11 is 10.2. The Hall–Kier alpha value is -1.04. The van der Waals surface area contributed by atoms with Crippen molar-refractivity contribution < 1.29 is 9.18 Å². The van der Waals surface area contributed by atoms with Crippen molar-refractivity contribution in [2.24, 2.45) is 5.73 Å². The fraction of sp³-hybridized carbons (Fsp3) is 0.0714. The third-order valence-corrected chi connectivity index (χ3v) is 4.68. The van der Waals surface area contributed by atoms with Crippen LogP contribution in [0.15, 0.2) is 51.8 Å². The molecule has 2 aromatic carbocycles. The summed E-state index contributed by atoms with van der Waals surface area (Å²) in [6.07, 6.45) is 0. The lowest BCUT2D eigenvalue weighted by atomic mass is 10.1. The van der Waals surface area contributed by atoms with Gasteiger partial charge in [-0.1, -0.05) is 39.7 Å². The third kappa shape index (κ3) is 3.75. The van der Waals surface area contributed by atoms with Crippen LogP contribution in [0.4, 0.5) is 4.39 Å². The second-order valence-corrected chi connectivity index (χ2v) is 6.53. The van der Waals surface area contributed by atoms with E-state index in [0.29, 0.717) is 4.90 Å². The number of thioether (sulfide) groups is 1. The highest BCUT2D eigenvalue weighted by Gasteiger charge is 2.19. The molecule has 104 valence electrons. The molecule has 0 aliphatic rings. The molecule has 0 saturated heterocycles. The average molecular weight is 375 g/mol. The van der Waals surface area contributed by atoms with Gasteiger partial charge in [-0.3, -0.25) is 4.79 Å². The molecule has 0 saturated carbocycles. The minimum Gasteiger partial charge on any atom is -0.368 e. The molecular formula is C14H10BrClFNOS. The topological polar surface area (TPSA) is 43.1 Å². The molecule has 1 atom stereocenters. The van der Waals surface area contributed by atoms with Gasteiger partial charge < -0.3 is 5.73 Å². The summed E-state index contributed by atoms with van der Waals surface area (Å²) in [4.78, 5) is 12.2. The van der Waals surface area contributed by atoms with Crippen molar-refractivity contribution in [3.05, 3.63) is 63.3 Å². The number of halogens is 3. The molecule has 0 aromatic heterocycles. The van der Waals surface area contributed by atoms with Crippen LogP contribution in [0, 0.1) is 5.82 Å². The van der Waals surface area contributed by atoms with Crippen LogP contribution < -0.4 is 5.73 Å². The van der Waals surface area contributed by atoms with E-state index in [2.05, 4.69) is 15.9 Å². The minimum atomic E-state index is -0.580. The predicted molar refractivity (Wildman–Crippen MR) is 83.3 cm³/mol. The molecule has 0 bridgehead atoms. The summed E-state index contributed by atoms with van der Waals surface area (Å²) in [5, 5.41) is -0.530. The van der Waals surface area contributed by atoms with Gasteiger partial charge in [0, 0.05) is 9.37 Å². The summed E-state index contributed by atoms with van der Waals surface area (Å²) < 4.78 is 14.3. The Morgan fingerprint density at radius 2 is 1.90 bits per heavy atom. The van der Waals surface area contributed by atoms with Gasteiger partial charge in [0.25, 0.3) is 0 Å². The quantitative estimate of drug-likeness (QED) is 0.797. The molecule has 2 N–H and O–H groups in total. The van der Waals surface area contributed by atoms with Crippen molar-refractivity contribution in [1.82, 2.24) is 0 Å². The number of rotatable bonds is 4. The number of carbonyl (C=O) groups is 1. The van der Waals surface area contributed by atoms with Crippen LogP contribution in [0.3, 0.4) is 0 Å². The van der Waals surface area contributed by atoms with Crippen LogP contribution >= 0.6 is 39.3 Å². The summed E-state index contributed by atoms with van der Waals surface area (Å²) in [5.41, 5.74) is 6.20. The highest BCUT2D eigenvalue weighted by molar-refractivity contribution is 9.10. The first-order chi connectivity index (χ1) is 9.47. The van der Waals surface area contributed by atoms with Crippen molar-refractivity contribution in [3.8, 4) is 0 Å². The Balaban J connectivity index is 2.27. The van der Waals surface area contributed by atoms with Crippen molar-refractivity contribution in [1.29, 1.82) is 0 Å². The molecule has 2 nitrogen and oxygen atoms in total. The number of hydrogen-bond acceptors (Lipinski definition) is 2. The van der Waals surface area contributed by atoms with E-state index in [1.54, 1.807) is 18.2 Å². The number of nitrogens with two attached hydrogens (primary N) is 1. The molecular weight excluding hydrogens is 365 g/mol. The lowest BCUT2D eigenvalue weighted by molar-refractivity contribution is -0.117. The van der Waals surface area contributed by atoms with Crippen molar-refractivity contribution in [2.75, 3.05) is 0 Å². The van der Waals surface area contributed by atoms with Crippen LogP contribution in [0.5, 0.6) is 0 Å². The van der Waals surface area contributed by atoms with Gasteiger partial charge in [0.2, 0.25) is 5.91 Å². The number of amides is 1. The molecule has 0 heterocycles. The largest absolute Gasteiger partial charge is 0.368 e. The zero-order valence-electron chi connectivity index (χ0n) is 10.1. The predicted octanol–water partition coefficient (Wildman–Crippen LogP) is 4.56. The maximum Gasteiger partial charge on any atom is 0.235 e. The van der Waals surface area contributed by atoms with E-state index in [9.17, 15) is 9.18 Å². The van der Waals surface area contributed by atoms with Crippen molar-refractivity contribution in [2.45, 2.75) is 10.1 Å². The first-order valence-corrected chi connectivity index (χ1v) is 7.69. The van der Waals surface area contributed by atoms with Gasteiger partial charge in [0.1, 0.15) is 11.1 Å². The third-order valence-electron chi connectivity index (χ3n) is 2.58. The molecule has 2 aromatic rings. The summed E-state index contributed by atoms with van der Waals surface area (Å²) in [7, 11) is 0. The van der Waals surface area contributed by atoms with E-state index in [-0.39, 0.29) is 5.02 Å². The van der Waals surface area contributed by atoms with Crippen LogP contribution in [0.25, 0.3) is 0 Å². The lowest BCUT2D eigenvalue weighted by Gasteiger charge is -2.14. The highest BCUT2D eigenvalue weighted by Crippen LogP contribution is 2.36. The van der Waals surface area contributed by atoms with E-state index < -0.39 is 17.0 Å². The second-order valence-electron chi connectivity index (χ2n) is 4.03. The molecule has 1 amide bonds. The molecule has 0 aliphatic heterocycles. The zero-order valence-corrected chi connectivity index (χ0v) is 13.3. The summed E-state index contributed by atoms with van der Waals surface area (Å²) in [5.74, 6) is -0.997. The van der Waals surface area contributed by atoms with Gasteiger partial charge in [0.15, 0.2) is 0 Å². The second kappa shape index (κ2) is 6.61. The zero-order chi connectivity index (χ0) is 14.7. The molecule has 6 heteroatoms. The molecule has 1 unspecified atom stereocenters. The van der Waals surface area contributed by atoms with Gasteiger partial charge in [-0.05, 0) is 35.9 Å². The van der Waals surface area contributed by atoms with Gasteiger partial charge in [-0.15, -0.1) is 11.8 Å². The SMILES string of the molecule is NC(=O)C(Sc1ccc(Cl)c(F)c1)c1ccc(Br)cc1. The standard InChI is InChI=1S/C14H10BrClFNOS/c15-9-3-1-8(2-4-9)13(14(18)19)20-10-5-6-11(16)12(17)7-10/h1-7,13H,(H2,18,19). The van der Waals surface area contributed by atoms with E-state index in [1.165, 1.54) is 23.9 Å². The van der Waals surface area contributed by atoms with E-state index in [0.717, 1.165) is 10.0 Å². The number of primary amides is 1. The Morgan fingerprint density at radius 3 is 2.45 bits per heavy atom. The average Bonchev–Trinajstić information content (AvgIpc) is 2.41. The summed E-state index contributed by atoms with van der Waals surface area (Å²) in [6, 6.07) is 11.7. The maximum atomic E-state index is 13.4. The maximum absolute atomic E-state index is 13.4. The minimum absolute atomic E-state index is 0.0496. The Bertz CT molecular complexity index is 636. The summed E-state index contributed by atoms with van der Waals surface area (Å²) in [6.45, 7) is 0. The molecule has 20 heavy (non-hydrogen) atoms. The van der Waals surface area contributed by atoms with Crippen molar-refractivity contribution >= 4 is 45.2 Å². The smallest absolute Gasteiger partial charge is 0.235 e. The fourth-order valence-corrected chi connectivity index (χ4v) is 3.00. The van der Waals surface area contributed by atoms with Crippen LogP contribution in [-0.4, -0.2) is 5.91 Å². The number of benzene rings is 2. The molecule has 0 radical (unpaired) electrons. The van der Waals surface area contributed by atoms with Crippen LogP contribution in [0.2, 0.25) is 5.02 Å². The molecule has 0 fully saturated rings. The Morgan fingerprint density at radius 1 is 1.25 bits per heavy atom. The Labute approximate surface area is 133 Å². The van der Waals surface area contributed by atoms with Gasteiger partial charge >= 0.3 is 0 Å². The van der Waals surface area contributed by atoms with Crippen molar-refractivity contribution in [3.63, 3.8) is 0 Å². The van der Waals surface area contributed by atoms with Gasteiger partial charge in [-0.25, -0.2) is 4.39 Å². The van der Waals surface area contributed by atoms with Crippen LogP contribution in [-0.2, 0) is 4.79 Å². The lowest BCUT2D eigenvalue weighted by Crippen LogP contribution is -2.18. The first-order valence-electron chi connectivity index (χ1n) is 5.64. The fourth-order valence-electron chi connectivity index (χ4n) is 1.61. The molecule has 2 rings (SSSR count). The highest BCUT2D eigenvalue weighted by atomic mass is 79.9. The van der Waals surface area contributed by atoms with Crippen LogP contribution in [0.1, 0.15) is 10.8 Å². The monoisotopic (exact) mass is 373 g/mol. The van der Waals surface area contributed by atoms with Gasteiger partial charge in [-0.2, -0.15) is 0 Å². The molecule has 0 aliphatic carbocycles. The van der Waals surface area contributed by atoms with E-state index in [1.807, 2.05) is 12.1 Å². The Kier molecular flexibility index (Phi) is 5.07. The van der Waals surface area contributed by atoms with Gasteiger partial charge in [0.05, 0.1) is 5.02 Å². The normalized spacial score (nSPS) is 12.2. The number of carbonyl (C=O) groups excluding carboxylic acids is 1.